The second-order valence-electron chi connectivity index (χ2n) is 2.92. The molecule has 0 radical (unpaired) electrons. The molecule has 0 N–H and O–H groups in total. The number of pyridine rings is 1. The van der Waals surface area contributed by atoms with Crippen LogP contribution in [0.4, 0.5) is 0 Å². The van der Waals surface area contributed by atoms with Crippen molar-refractivity contribution in [2.45, 2.75) is 18.9 Å². The van der Waals surface area contributed by atoms with E-state index in [1.807, 2.05) is 0 Å². The van der Waals surface area contributed by atoms with Gasteiger partial charge in [-0.25, -0.2) is 0 Å². The summed E-state index contributed by atoms with van der Waals surface area (Å²) >= 11 is 3.25. The lowest BCUT2D eigenvalue weighted by Crippen LogP contribution is -1.99. The van der Waals surface area contributed by atoms with E-state index in [1.165, 1.54) is 0 Å². The minimum absolute atomic E-state index is 0.295. The van der Waals surface area contributed by atoms with Crippen molar-refractivity contribution >= 4 is 15.9 Å². The predicted molar refractivity (Wildman–Crippen MR) is 50.3 cm³/mol. The van der Waals surface area contributed by atoms with Crippen LogP contribution in [0.15, 0.2) is 16.9 Å². The average Bonchev–Trinajstić information content (AvgIpc) is 2.89. The van der Waals surface area contributed by atoms with Crippen molar-refractivity contribution in [1.29, 1.82) is 5.26 Å². The molecule has 1 aromatic heterocycles. The van der Waals surface area contributed by atoms with Crippen molar-refractivity contribution in [3.63, 3.8) is 0 Å². The number of ether oxygens (including phenoxy) is 1. The first-order valence-corrected chi connectivity index (χ1v) is 4.81. The van der Waals surface area contributed by atoms with Gasteiger partial charge in [0.05, 0.1) is 16.8 Å². The molecule has 0 aromatic carbocycles. The molecule has 66 valence electrons. The van der Waals surface area contributed by atoms with Crippen molar-refractivity contribution < 1.29 is 4.74 Å². The van der Waals surface area contributed by atoms with Crippen LogP contribution < -0.4 is 4.74 Å². The minimum atomic E-state index is 0.295. The summed E-state index contributed by atoms with van der Waals surface area (Å²) in [5.41, 5.74) is 0.530. The topological polar surface area (TPSA) is 45.9 Å². The maximum absolute atomic E-state index is 8.84. The van der Waals surface area contributed by atoms with E-state index in [2.05, 4.69) is 27.0 Å². The van der Waals surface area contributed by atoms with E-state index in [-0.39, 0.29) is 0 Å². The quantitative estimate of drug-likeness (QED) is 0.795. The van der Waals surface area contributed by atoms with Gasteiger partial charge < -0.3 is 4.74 Å². The molecule has 4 heteroatoms. The summed E-state index contributed by atoms with van der Waals surface area (Å²) in [5.74, 6) is 0.583. The van der Waals surface area contributed by atoms with Gasteiger partial charge in [0.25, 0.3) is 0 Å². The highest BCUT2D eigenvalue weighted by molar-refractivity contribution is 9.10. The third-order valence-corrected chi connectivity index (χ3v) is 2.40. The second kappa shape index (κ2) is 3.35. The third kappa shape index (κ3) is 1.81. The number of aromatic nitrogens is 1. The predicted octanol–water partition coefficient (Wildman–Crippen LogP) is 2.26. The molecule has 0 aliphatic heterocycles. The van der Waals surface area contributed by atoms with Gasteiger partial charge in [-0.1, -0.05) is 0 Å². The van der Waals surface area contributed by atoms with Crippen molar-refractivity contribution in [1.82, 2.24) is 4.98 Å². The van der Waals surface area contributed by atoms with E-state index in [9.17, 15) is 0 Å². The van der Waals surface area contributed by atoms with Gasteiger partial charge in [-0.3, -0.25) is 4.98 Å². The molecular weight excluding hydrogens is 232 g/mol. The highest BCUT2D eigenvalue weighted by Crippen LogP contribution is 2.31. The first-order valence-electron chi connectivity index (χ1n) is 4.01. The maximum Gasteiger partial charge on any atom is 0.156 e. The maximum atomic E-state index is 8.84. The molecule has 1 aromatic rings. The molecule has 0 spiro atoms. The number of halogens is 1. The fraction of sp³-hybridized carbons (Fsp3) is 0.333. The summed E-state index contributed by atoms with van der Waals surface area (Å²) < 4.78 is 6.20. The largest absolute Gasteiger partial charge is 0.487 e. The fourth-order valence-corrected chi connectivity index (χ4v) is 1.38. The number of hydrogen-bond acceptors (Lipinski definition) is 3. The van der Waals surface area contributed by atoms with Crippen LogP contribution in [0.25, 0.3) is 0 Å². The molecule has 0 unspecified atom stereocenters. The molecule has 13 heavy (non-hydrogen) atoms. The molecule has 0 amide bonds. The van der Waals surface area contributed by atoms with E-state index in [4.69, 9.17) is 10.00 Å². The number of rotatable bonds is 2. The van der Waals surface area contributed by atoms with E-state index >= 15 is 0 Å². The van der Waals surface area contributed by atoms with Gasteiger partial charge in [-0.2, -0.15) is 5.26 Å². The van der Waals surface area contributed by atoms with E-state index in [1.54, 1.807) is 12.4 Å². The van der Waals surface area contributed by atoms with Crippen LogP contribution in [0.3, 0.4) is 0 Å². The Morgan fingerprint density at radius 1 is 1.54 bits per heavy atom. The highest BCUT2D eigenvalue weighted by atomic mass is 79.9. The van der Waals surface area contributed by atoms with Crippen LogP contribution in [0.5, 0.6) is 5.75 Å². The lowest BCUT2D eigenvalue weighted by atomic mass is 10.3. The normalized spacial score (nSPS) is 15.1. The summed E-state index contributed by atoms with van der Waals surface area (Å²) in [4.78, 5) is 3.95. The van der Waals surface area contributed by atoms with E-state index in [0.717, 1.165) is 12.8 Å². The Morgan fingerprint density at radius 2 is 2.31 bits per heavy atom. The summed E-state index contributed by atoms with van der Waals surface area (Å²) in [6.45, 7) is 0. The van der Waals surface area contributed by atoms with Gasteiger partial charge in [-0.15, -0.1) is 0 Å². The zero-order valence-corrected chi connectivity index (χ0v) is 8.41. The Labute approximate surface area is 84.5 Å². The second-order valence-corrected chi connectivity index (χ2v) is 3.78. The van der Waals surface area contributed by atoms with Gasteiger partial charge in [0.1, 0.15) is 11.6 Å². The summed E-state index contributed by atoms with van der Waals surface area (Å²) in [7, 11) is 0. The first kappa shape index (κ1) is 8.52. The van der Waals surface area contributed by atoms with Crippen LogP contribution in [-0.2, 0) is 0 Å². The molecule has 1 heterocycles. The minimum Gasteiger partial charge on any atom is -0.487 e. The average molecular weight is 239 g/mol. The summed E-state index contributed by atoms with van der Waals surface area (Å²) in [5, 5.41) is 8.84. The number of hydrogen-bond donors (Lipinski definition) is 0. The highest BCUT2D eigenvalue weighted by Gasteiger charge is 2.25. The standard InChI is InChI=1S/C9H7BrN2O/c10-8-4-12-5-9(7(8)3-11)13-6-1-2-6/h4-6H,1-2H2. The van der Waals surface area contributed by atoms with Gasteiger partial charge in [0.2, 0.25) is 0 Å². The number of nitrogens with zero attached hydrogens (tertiary/aromatic N) is 2. The molecule has 0 bridgehead atoms. The molecule has 1 saturated carbocycles. The molecular formula is C9H7BrN2O. The molecule has 1 fully saturated rings. The first-order chi connectivity index (χ1) is 6.31. The van der Waals surface area contributed by atoms with E-state index < -0.39 is 0 Å². The molecule has 0 atom stereocenters. The third-order valence-electron chi connectivity index (χ3n) is 1.79. The van der Waals surface area contributed by atoms with Gasteiger partial charge in [-0.05, 0) is 28.8 Å². The fourth-order valence-electron chi connectivity index (χ4n) is 0.981. The Hall–Kier alpha value is -1.08. The molecule has 2 rings (SSSR count). The van der Waals surface area contributed by atoms with Crippen LogP contribution >= 0.6 is 15.9 Å². The van der Waals surface area contributed by atoms with Crippen LogP contribution in [-0.4, -0.2) is 11.1 Å². The molecule has 3 nitrogen and oxygen atoms in total. The van der Waals surface area contributed by atoms with Gasteiger partial charge in [0, 0.05) is 6.20 Å². The monoisotopic (exact) mass is 238 g/mol. The lowest BCUT2D eigenvalue weighted by Gasteiger charge is -2.05. The molecule has 1 aliphatic carbocycles. The van der Waals surface area contributed by atoms with Gasteiger partial charge >= 0.3 is 0 Å². The van der Waals surface area contributed by atoms with E-state index in [0.29, 0.717) is 21.9 Å². The Bertz CT molecular complexity index is 368. The zero-order chi connectivity index (χ0) is 9.26. The van der Waals surface area contributed by atoms with Crippen LogP contribution in [0.2, 0.25) is 0 Å². The lowest BCUT2D eigenvalue weighted by molar-refractivity contribution is 0.301. The summed E-state index contributed by atoms with van der Waals surface area (Å²) in [6, 6.07) is 2.09. The van der Waals surface area contributed by atoms with Crippen LogP contribution in [0.1, 0.15) is 18.4 Å². The van der Waals surface area contributed by atoms with Crippen molar-refractivity contribution in [2.75, 3.05) is 0 Å². The molecule has 1 aliphatic rings. The summed E-state index contributed by atoms with van der Waals surface area (Å²) in [6.07, 6.45) is 5.64. The Kier molecular flexibility index (Phi) is 2.19. The van der Waals surface area contributed by atoms with Crippen molar-refractivity contribution in [2.24, 2.45) is 0 Å². The van der Waals surface area contributed by atoms with Gasteiger partial charge in [0.15, 0.2) is 5.75 Å². The Morgan fingerprint density at radius 3 is 2.92 bits per heavy atom. The number of nitriles is 1. The zero-order valence-electron chi connectivity index (χ0n) is 6.83. The van der Waals surface area contributed by atoms with Crippen molar-refractivity contribution in [3.8, 4) is 11.8 Å². The van der Waals surface area contributed by atoms with Crippen molar-refractivity contribution in [3.05, 3.63) is 22.4 Å². The Balaban J connectivity index is 2.32. The van der Waals surface area contributed by atoms with Crippen LogP contribution in [0, 0.1) is 11.3 Å². The SMILES string of the molecule is N#Cc1c(Br)cncc1OC1CC1. The molecule has 0 saturated heterocycles. The smallest absolute Gasteiger partial charge is 0.156 e.